The molecule has 0 radical (unpaired) electrons. The minimum Gasteiger partial charge on any atom is -0.481 e. The Morgan fingerprint density at radius 3 is 2.27 bits per heavy atom. The SMILES string of the molecule is Cc1cc(C)c(OCC(F)(F)F)c(F)c1. The summed E-state index contributed by atoms with van der Waals surface area (Å²) in [6.07, 6.45) is -4.45. The average Bonchev–Trinajstić information content (AvgIpc) is 1.99. The number of benzene rings is 1. The Morgan fingerprint density at radius 1 is 1.20 bits per heavy atom. The second-order valence-electron chi connectivity index (χ2n) is 3.30. The zero-order valence-electron chi connectivity index (χ0n) is 8.28. The molecule has 5 heteroatoms. The van der Waals surface area contributed by atoms with Gasteiger partial charge in [0.2, 0.25) is 0 Å². The molecule has 0 aliphatic heterocycles. The molecule has 15 heavy (non-hydrogen) atoms. The van der Waals surface area contributed by atoms with E-state index < -0.39 is 18.6 Å². The van der Waals surface area contributed by atoms with Crippen LogP contribution in [0, 0.1) is 19.7 Å². The summed E-state index contributed by atoms with van der Waals surface area (Å²) >= 11 is 0. The first-order chi connectivity index (χ1) is 6.79. The summed E-state index contributed by atoms with van der Waals surface area (Å²) in [6, 6.07) is 2.70. The van der Waals surface area contributed by atoms with Gasteiger partial charge < -0.3 is 4.74 Å². The van der Waals surface area contributed by atoms with Gasteiger partial charge in [-0.05, 0) is 31.0 Å². The van der Waals surface area contributed by atoms with E-state index in [1.54, 1.807) is 13.0 Å². The Kier molecular flexibility index (Phi) is 3.21. The van der Waals surface area contributed by atoms with Crippen LogP contribution in [0.1, 0.15) is 11.1 Å². The van der Waals surface area contributed by atoms with E-state index in [9.17, 15) is 17.6 Å². The van der Waals surface area contributed by atoms with Gasteiger partial charge in [0.1, 0.15) is 0 Å². The number of hydrogen-bond acceptors (Lipinski definition) is 1. The highest BCUT2D eigenvalue weighted by Gasteiger charge is 2.29. The molecule has 0 aliphatic rings. The van der Waals surface area contributed by atoms with Crippen LogP contribution in [-0.2, 0) is 0 Å². The van der Waals surface area contributed by atoms with E-state index in [-0.39, 0.29) is 5.75 Å². The number of rotatable bonds is 2. The summed E-state index contributed by atoms with van der Waals surface area (Å²) in [7, 11) is 0. The minimum atomic E-state index is -4.45. The largest absolute Gasteiger partial charge is 0.481 e. The maximum absolute atomic E-state index is 13.2. The van der Waals surface area contributed by atoms with Gasteiger partial charge in [-0.15, -0.1) is 0 Å². The lowest BCUT2D eigenvalue weighted by Gasteiger charge is -2.12. The van der Waals surface area contributed by atoms with E-state index in [0.29, 0.717) is 11.1 Å². The van der Waals surface area contributed by atoms with Gasteiger partial charge in [-0.25, -0.2) is 4.39 Å². The molecule has 0 unspecified atom stereocenters. The monoisotopic (exact) mass is 222 g/mol. The zero-order chi connectivity index (χ0) is 11.6. The highest BCUT2D eigenvalue weighted by Crippen LogP contribution is 2.26. The molecular formula is C10H10F4O. The summed E-state index contributed by atoms with van der Waals surface area (Å²) in [5.41, 5.74) is 1.00. The molecule has 1 rings (SSSR count). The Balaban J connectivity index is 2.86. The standard InChI is InChI=1S/C10H10F4O/c1-6-3-7(2)9(8(11)4-6)15-5-10(12,13)14/h3-4H,5H2,1-2H3. The van der Waals surface area contributed by atoms with E-state index in [1.807, 2.05) is 0 Å². The lowest BCUT2D eigenvalue weighted by Crippen LogP contribution is -2.20. The van der Waals surface area contributed by atoms with Crippen molar-refractivity contribution in [2.75, 3.05) is 6.61 Å². The van der Waals surface area contributed by atoms with Crippen molar-refractivity contribution in [1.29, 1.82) is 0 Å². The van der Waals surface area contributed by atoms with E-state index in [0.717, 1.165) is 6.07 Å². The molecule has 0 aromatic heterocycles. The van der Waals surface area contributed by atoms with Crippen LogP contribution in [0.15, 0.2) is 12.1 Å². The number of aryl methyl sites for hydroxylation is 2. The van der Waals surface area contributed by atoms with Crippen LogP contribution in [0.25, 0.3) is 0 Å². The van der Waals surface area contributed by atoms with Crippen molar-refractivity contribution < 1.29 is 22.3 Å². The Labute approximate surface area is 84.7 Å². The van der Waals surface area contributed by atoms with Gasteiger partial charge in [0.05, 0.1) is 0 Å². The van der Waals surface area contributed by atoms with Crippen molar-refractivity contribution in [2.45, 2.75) is 20.0 Å². The molecule has 0 spiro atoms. The number of ether oxygens (including phenoxy) is 1. The predicted octanol–water partition coefficient (Wildman–Crippen LogP) is 3.38. The van der Waals surface area contributed by atoms with Gasteiger partial charge in [0.25, 0.3) is 0 Å². The molecule has 0 amide bonds. The van der Waals surface area contributed by atoms with Crippen molar-refractivity contribution in [3.05, 3.63) is 29.1 Å². The molecule has 0 aliphatic carbocycles. The van der Waals surface area contributed by atoms with Crippen LogP contribution in [0.5, 0.6) is 5.75 Å². The minimum absolute atomic E-state index is 0.335. The Hall–Kier alpha value is -1.26. The molecule has 1 nitrogen and oxygen atoms in total. The fourth-order valence-electron chi connectivity index (χ4n) is 1.24. The molecule has 0 bridgehead atoms. The molecule has 0 heterocycles. The molecular weight excluding hydrogens is 212 g/mol. The highest BCUT2D eigenvalue weighted by atomic mass is 19.4. The van der Waals surface area contributed by atoms with Crippen LogP contribution >= 0.6 is 0 Å². The molecule has 0 fully saturated rings. The lowest BCUT2D eigenvalue weighted by molar-refractivity contribution is -0.153. The summed E-state index contributed by atoms with van der Waals surface area (Å²) in [5.74, 6) is -1.10. The predicted molar refractivity (Wildman–Crippen MR) is 47.4 cm³/mol. The van der Waals surface area contributed by atoms with Crippen molar-refractivity contribution in [1.82, 2.24) is 0 Å². The molecule has 0 saturated carbocycles. The first-order valence-electron chi connectivity index (χ1n) is 4.26. The van der Waals surface area contributed by atoms with E-state index in [4.69, 9.17) is 0 Å². The average molecular weight is 222 g/mol. The second kappa shape index (κ2) is 4.08. The third-order valence-electron chi connectivity index (χ3n) is 1.75. The number of alkyl halides is 3. The summed E-state index contributed by atoms with van der Waals surface area (Å²) < 4.78 is 53.1. The van der Waals surface area contributed by atoms with Crippen LogP contribution in [-0.4, -0.2) is 12.8 Å². The van der Waals surface area contributed by atoms with Gasteiger partial charge in [-0.1, -0.05) is 6.07 Å². The van der Waals surface area contributed by atoms with Gasteiger partial charge in [0, 0.05) is 0 Å². The summed E-state index contributed by atoms with van der Waals surface area (Å²) in [5, 5.41) is 0. The van der Waals surface area contributed by atoms with E-state index >= 15 is 0 Å². The van der Waals surface area contributed by atoms with Gasteiger partial charge in [-0.3, -0.25) is 0 Å². The zero-order valence-corrected chi connectivity index (χ0v) is 8.28. The lowest BCUT2D eigenvalue weighted by atomic mass is 10.1. The fourth-order valence-corrected chi connectivity index (χ4v) is 1.24. The van der Waals surface area contributed by atoms with Crippen molar-refractivity contribution in [3.8, 4) is 5.75 Å². The molecule has 1 aromatic rings. The molecule has 84 valence electrons. The van der Waals surface area contributed by atoms with E-state index in [2.05, 4.69) is 4.74 Å². The number of halogens is 4. The van der Waals surface area contributed by atoms with Crippen LogP contribution in [0.4, 0.5) is 17.6 Å². The maximum Gasteiger partial charge on any atom is 0.422 e. The Morgan fingerprint density at radius 2 is 1.80 bits per heavy atom. The van der Waals surface area contributed by atoms with E-state index in [1.165, 1.54) is 6.92 Å². The van der Waals surface area contributed by atoms with Gasteiger partial charge in [0.15, 0.2) is 18.2 Å². The highest BCUT2D eigenvalue weighted by molar-refractivity contribution is 5.37. The number of hydrogen-bond donors (Lipinski definition) is 0. The third-order valence-corrected chi connectivity index (χ3v) is 1.75. The van der Waals surface area contributed by atoms with Crippen LogP contribution < -0.4 is 4.74 Å². The topological polar surface area (TPSA) is 9.23 Å². The maximum atomic E-state index is 13.2. The van der Waals surface area contributed by atoms with Crippen molar-refractivity contribution in [3.63, 3.8) is 0 Å². The molecule has 1 aromatic carbocycles. The van der Waals surface area contributed by atoms with Gasteiger partial charge in [-0.2, -0.15) is 13.2 Å². The molecule has 0 atom stereocenters. The second-order valence-corrected chi connectivity index (χ2v) is 3.30. The van der Waals surface area contributed by atoms with Crippen LogP contribution in [0.3, 0.4) is 0 Å². The Bertz CT molecular complexity index is 334. The van der Waals surface area contributed by atoms with Crippen molar-refractivity contribution >= 4 is 0 Å². The normalized spacial score (nSPS) is 11.6. The fraction of sp³-hybridized carbons (Fsp3) is 0.400. The summed E-state index contributed by atoms with van der Waals surface area (Å²) in [4.78, 5) is 0. The quantitative estimate of drug-likeness (QED) is 0.697. The molecule has 0 N–H and O–H groups in total. The third kappa shape index (κ3) is 3.42. The van der Waals surface area contributed by atoms with Crippen LogP contribution in [0.2, 0.25) is 0 Å². The smallest absolute Gasteiger partial charge is 0.422 e. The van der Waals surface area contributed by atoms with Gasteiger partial charge >= 0.3 is 6.18 Å². The first kappa shape index (κ1) is 11.8. The first-order valence-corrected chi connectivity index (χ1v) is 4.26. The molecule has 0 saturated heterocycles. The van der Waals surface area contributed by atoms with Crippen molar-refractivity contribution in [2.24, 2.45) is 0 Å². The summed E-state index contributed by atoms with van der Waals surface area (Å²) in [6.45, 7) is 1.68.